The highest BCUT2D eigenvalue weighted by molar-refractivity contribution is 8.13. The Morgan fingerprint density at radius 1 is 0.810 bits per heavy atom. The number of rotatable bonds is 3. The van der Waals surface area contributed by atoms with Gasteiger partial charge in [-0.05, 0) is 35.7 Å². The molecule has 3 aromatic rings. The van der Waals surface area contributed by atoms with E-state index in [1.54, 1.807) is 12.1 Å². The molecule has 0 amide bonds. The van der Waals surface area contributed by atoms with Crippen molar-refractivity contribution in [2.24, 2.45) is 0 Å². The fourth-order valence-electron chi connectivity index (χ4n) is 2.08. The van der Waals surface area contributed by atoms with Gasteiger partial charge in [-0.25, -0.2) is 8.42 Å². The Labute approximate surface area is 127 Å². The second-order valence-corrected chi connectivity index (χ2v) is 7.05. The van der Waals surface area contributed by atoms with Crippen molar-refractivity contribution in [3.05, 3.63) is 66.7 Å². The molecular weight excluding hydrogens is 308 g/mol. The molecular formula is C16H11ClO3S. The third-order valence-corrected chi connectivity index (χ3v) is 4.45. The van der Waals surface area contributed by atoms with Crippen LogP contribution in [0.2, 0.25) is 0 Å². The van der Waals surface area contributed by atoms with Crippen molar-refractivity contribution in [1.82, 2.24) is 0 Å². The van der Waals surface area contributed by atoms with Gasteiger partial charge < -0.3 is 4.74 Å². The van der Waals surface area contributed by atoms with Crippen molar-refractivity contribution in [3.8, 4) is 11.5 Å². The number of halogens is 1. The fraction of sp³-hybridized carbons (Fsp3) is 0. The van der Waals surface area contributed by atoms with Crippen molar-refractivity contribution in [2.45, 2.75) is 4.90 Å². The molecule has 0 heterocycles. The van der Waals surface area contributed by atoms with Crippen LogP contribution in [-0.2, 0) is 9.05 Å². The van der Waals surface area contributed by atoms with E-state index in [-0.39, 0.29) is 4.90 Å². The molecule has 3 aromatic carbocycles. The van der Waals surface area contributed by atoms with E-state index < -0.39 is 9.05 Å². The molecule has 0 aromatic heterocycles. The minimum Gasteiger partial charge on any atom is -0.457 e. The first-order valence-corrected chi connectivity index (χ1v) is 8.55. The Hall–Kier alpha value is -2.04. The van der Waals surface area contributed by atoms with Gasteiger partial charge in [-0.1, -0.05) is 36.4 Å². The number of hydrogen-bond donors (Lipinski definition) is 0. The summed E-state index contributed by atoms with van der Waals surface area (Å²) < 4.78 is 28.2. The molecule has 3 rings (SSSR count). The van der Waals surface area contributed by atoms with Gasteiger partial charge in [0.25, 0.3) is 9.05 Å². The van der Waals surface area contributed by atoms with Crippen molar-refractivity contribution >= 4 is 30.5 Å². The third kappa shape index (κ3) is 3.01. The predicted molar refractivity (Wildman–Crippen MR) is 83.5 cm³/mol. The molecule has 0 aliphatic rings. The van der Waals surface area contributed by atoms with E-state index in [2.05, 4.69) is 0 Å². The molecule has 0 radical (unpaired) electrons. The third-order valence-electron chi connectivity index (χ3n) is 3.08. The van der Waals surface area contributed by atoms with Crippen LogP contribution in [-0.4, -0.2) is 8.42 Å². The smallest absolute Gasteiger partial charge is 0.261 e. The lowest BCUT2D eigenvalue weighted by molar-refractivity contribution is 0.488. The van der Waals surface area contributed by atoms with Crippen molar-refractivity contribution in [3.63, 3.8) is 0 Å². The monoisotopic (exact) mass is 318 g/mol. The average molecular weight is 319 g/mol. The van der Waals surface area contributed by atoms with Crippen LogP contribution < -0.4 is 4.74 Å². The Morgan fingerprint density at radius 2 is 1.48 bits per heavy atom. The summed E-state index contributed by atoms with van der Waals surface area (Å²) in [5.74, 6) is 1.27. The van der Waals surface area contributed by atoms with Gasteiger partial charge in [0.2, 0.25) is 0 Å². The first-order chi connectivity index (χ1) is 10.0. The maximum atomic E-state index is 11.2. The Morgan fingerprint density at radius 3 is 2.19 bits per heavy atom. The zero-order chi connectivity index (χ0) is 14.9. The average Bonchev–Trinajstić information content (AvgIpc) is 2.47. The molecule has 0 atom stereocenters. The van der Waals surface area contributed by atoms with Crippen LogP contribution in [0.15, 0.2) is 71.6 Å². The van der Waals surface area contributed by atoms with Crippen LogP contribution >= 0.6 is 10.7 Å². The molecule has 0 aliphatic heterocycles. The second kappa shape index (κ2) is 5.39. The summed E-state index contributed by atoms with van der Waals surface area (Å²) in [6.45, 7) is 0. The number of hydrogen-bond acceptors (Lipinski definition) is 3. The van der Waals surface area contributed by atoms with Gasteiger partial charge in [-0.3, -0.25) is 0 Å². The van der Waals surface area contributed by atoms with E-state index >= 15 is 0 Å². The van der Waals surface area contributed by atoms with E-state index in [1.807, 2.05) is 42.5 Å². The molecule has 0 unspecified atom stereocenters. The summed E-state index contributed by atoms with van der Waals surface area (Å²) >= 11 is 0. The lowest BCUT2D eigenvalue weighted by Crippen LogP contribution is -1.91. The molecule has 0 saturated carbocycles. The van der Waals surface area contributed by atoms with Gasteiger partial charge in [0, 0.05) is 16.1 Å². The molecule has 0 aliphatic carbocycles. The van der Waals surface area contributed by atoms with Crippen molar-refractivity contribution in [2.75, 3.05) is 0 Å². The molecule has 3 nitrogen and oxygen atoms in total. The zero-order valence-corrected chi connectivity index (χ0v) is 12.4. The quantitative estimate of drug-likeness (QED) is 0.665. The fourth-order valence-corrected chi connectivity index (χ4v) is 2.85. The van der Waals surface area contributed by atoms with Crippen LogP contribution in [0.3, 0.4) is 0 Å². The minimum absolute atomic E-state index is 0.0504. The topological polar surface area (TPSA) is 43.4 Å². The van der Waals surface area contributed by atoms with Crippen LogP contribution in [0.25, 0.3) is 10.8 Å². The Kier molecular flexibility index (Phi) is 3.57. The van der Waals surface area contributed by atoms with Crippen molar-refractivity contribution in [1.29, 1.82) is 0 Å². The van der Waals surface area contributed by atoms with Crippen LogP contribution in [0, 0.1) is 0 Å². The predicted octanol–water partition coefficient (Wildman–Crippen LogP) is 4.56. The lowest BCUT2D eigenvalue weighted by atomic mass is 10.1. The van der Waals surface area contributed by atoms with Gasteiger partial charge in [-0.2, -0.15) is 0 Å². The second-order valence-electron chi connectivity index (χ2n) is 4.49. The van der Waals surface area contributed by atoms with E-state index in [9.17, 15) is 8.42 Å². The molecule has 0 N–H and O–H groups in total. The summed E-state index contributed by atoms with van der Waals surface area (Å²) in [5.41, 5.74) is 0. The van der Waals surface area contributed by atoms with Gasteiger partial charge in [0.15, 0.2) is 0 Å². The molecule has 5 heteroatoms. The minimum atomic E-state index is -3.71. The van der Waals surface area contributed by atoms with Crippen LogP contribution in [0.1, 0.15) is 0 Å². The van der Waals surface area contributed by atoms with Gasteiger partial charge in [0.1, 0.15) is 11.5 Å². The van der Waals surface area contributed by atoms with E-state index in [0.29, 0.717) is 5.75 Å². The summed E-state index contributed by atoms with van der Waals surface area (Å²) in [5, 5.41) is 2.07. The summed E-state index contributed by atoms with van der Waals surface area (Å²) in [4.78, 5) is 0.0504. The molecule has 106 valence electrons. The summed E-state index contributed by atoms with van der Waals surface area (Å²) in [6, 6.07) is 19.7. The van der Waals surface area contributed by atoms with E-state index in [4.69, 9.17) is 15.4 Å². The highest BCUT2D eigenvalue weighted by Gasteiger charge is 2.10. The molecule has 0 saturated heterocycles. The zero-order valence-electron chi connectivity index (χ0n) is 10.9. The van der Waals surface area contributed by atoms with Crippen LogP contribution in [0.4, 0.5) is 0 Å². The van der Waals surface area contributed by atoms with Crippen LogP contribution in [0.5, 0.6) is 11.5 Å². The van der Waals surface area contributed by atoms with E-state index in [1.165, 1.54) is 12.1 Å². The maximum Gasteiger partial charge on any atom is 0.261 e. The SMILES string of the molecule is O=S(=O)(Cl)c1ccc(Oc2cccc3ccccc23)cc1. The first kappa shape index (κ1) is 13.9. The normalized spacial score (nSPS) is 11.5. The van der Waals surface area contributed by atoms with Gasteiger partial charge in [-0.15, -0.1) is 0 Å². The molecule has 21 heavy (non-hydrogen) atoms. The Bertz CT molecular complexity index is 882. The lowest BCUT2D eigenvalue weighted by Gasteiger charge is -2.09. The van der Waals surface area contributed by atoms with Gasteiger partial charge in [0.05, 0.1) is 4.90 Å². The Balaban J connectivity index is 1.96. The van der Waals surface area contributed by atoms with Gasteiger partial charge >= 0.3 is 0 Å². The largest absolute Gasteiger partial charge is 0.457 e. The van der Waals surface area contributed by atoms with E-state index in [0.717, 1.165) is 16.5 Å². The molecule has 0 spiro atoms. The summed E-state index contributed by atoms with van der Waals surface area (Å²) in [6.07, 6.45) is 0. The number of benzene rings is 3. The highest BCUT2D eigenvalue weighted by atomic mass is 35.7. The van der Waals surface area contributed by atoms with Crippen molar-refractivity contribution < 1.29 is 13.2 Å². The maximum absolute atomic E-state index is 11.2. The molecule has 0 fully saturated rings. The standard InChI is InChI=1S/C16H11ClO3S/c17-21(18,19)14-10-8-13(9-11-14)20-16-7-3-5-12-4-1-2-6-15(12)16/h1-11H. The number of ether oxygens (including phenoxy) is 1. The summed E-state index contributed by atoms with van der Waals surface area (Å²) in [7, 11) is 1.57. The molecule has 0 bridgehead atoms. The highest BCUT2D eigenvalue weighted by Crippen LogP contribution is 2.30. The first-order valence-electron chi connectivity index (χ1n) is 6.24. The number of fused-ring (bicyclic) bond motifs is 1.